The monoisotopic (exact) mass is 518 g/mol. The van der Waals surface area contributed by atoms with Gasteiger partial charge in [-0.1, -0.05) is 37.3 Å². The molecule has 2 aliphatic heterocycles. The summed E-state index contributed by atoms with van der Waals surface area (Å²) in [7, 11) is 0. The molecule has 0 fully saturated rings. The highest BCUT2D eigenvalue weighted by Crippen LogP contribution is 2.32. The van der Waals surface area contributed by atoms with Crippen molar-refractivity contribution in [3.8, 4) is 17.2 Å². The van der Waals surface area contributed by atoms with Gasteiger partial charge >= 0.3 is 0 Å². The number of ether oxygens (including phenoxy) is 3. The zero-order chi connectivity index (χ0) is 26.2. The molecular formula is C28H30N4O4S. The van der Waals surface area contributed by atoms with Gasteiger partial charge < -0.3 is 14.2 Å². The van der Waals surface area contributed by atoms with E-state index in [1.807, 2.05) is 43.3 Å². The third-order valence-corrected chi connectivity index (χ3v) is 6.44. The number of benzene rings is 2. The van der Waals surface area contributed by atoms with E-state index in [1.165, 1.54) is 16.8 Å². The summed E-state index contributed by atoms with van der Waals surface area (Å²) in [5, 5.41) is 15.7. The molecule has 4 rings (SSSR count). The molecule has 9 heteroatoms. The smallest absolute Gasteiger partial charge is 0.283 e. The van der Waals surface area contributed by atoms with Crippen LogP contribution in [0.4, 0.5) is 0 Å². The number of fused-ring (bicyclic) bond motifs is 1. The van der Waals surface area contributed by atoms with Gasteiger partial charge in [-0.25, -0.2) is 0 Å². The van der Waals surface area contributed by atoms with Crippen LogP contribution in [0.15, 0.2) is 70.8 Å². The van der Waals surface area contributed by atoms with E-state index in [4.69, 9.17) is 19.6 Å². The summed E-state index contributed by atoms with van der Waals surface area (Å²) in [4.78, 5) is 16.8. The van der Waals surface area contributed by atoms with Crippen LogP contribution in [-0.4, -0.2) is 46.8 Å². The van der Waals surface area contributed by atoms with Gasteiger partial charge in [-0.3, -0.25) is 10.2 Å². The molecule has 0 atom stereocenters. The molecule has 2 aromatic rings. The Balaban J connectivity index is 1.45. The van der Waals surface area contributed by atoms with Crippen LogP contribution >= 0.6 is 11.8 Å². The van der Waals surface area contributed by atoms with Crippen LogP contribution < -0.4 is 14.2 Å². The zero-order valence-corrected chi connectivity index (χ0v) is 21.8. The number of nitrogens with zero attached hydrogens (tertiary/aromatic N) is 3. The second kappa shape index (κ2) is 12.4. The SMILES string of the molecule is C=CCc1ccccc1OCCOc1ccc(/C=C2/C(=N)N3N=C(CCC)SC3=NC2=O)cc1OCC. The molecule has 0 saturated heterocycles. The molecule has 0 spiro atoms. The molecule has 0 unspecified atom stereocenters. The summed E-state index contributed by atoms with van der Waals surface area (Å²) in [6.07, 6.45) is 5.93. The zero-order valence-electron chi connectivity index (χ0n) is 21.0. The van der Waals surface area contributed by atoms with Crippen LogP contribution in [0, 0.1) is 5.41 Å². The summed E-state index contributed by atoms with van der Waals surface area (Å²) in [5.41, 5.74) is 1.94. The Hall–Kier alpha value is -3.85. The molecule has 0 saturated carbocycles. The maximum Gasteiger partial charge on any atom is 0.283 e. The molecular weight excluding hydrogens is 488 g/mol. The molecule has 0 aromatic heterocycles. The highest BCUT2D eigenvalue weighted by Gasteiger charge is 2.35. The molecule has 1 amide bonds. The Morgan fingerprint density at radius 2 is 1.84 bits per heavy atom. The normalized spacial score (nSPS) is 15.8. The number of nitrogens with one attached hydrogen (secondary N) is 1. The highest BCUT2D eigenvalue weighted by atomic mass is 32.2. The summed E-state index contributed by atoms with van der Waals surface area (Å²) < 4.78 is 17.6. The minimum Gasteiger partial charge on any atom is -0.490 e. The average Bonchev–Trinajstić information content (AvgIpc) is 3.29. The van der Waals surface area contributed by atoms with Gasteiger partial charge in [-0.2, -0.15) is 15.1 Å². The van der Waals surface area contributed by atoms with E-state index in [0.717, 1.165) is 35.6 Å². The fraction of sp³-hybridized carbons (Fsp3) is 0.286. The molecule has 2 aliphatic rings. The highest BCUT2D eigenvalue weighted by molar-refractivity contribution is 8.26. The van der Waals surface area contributed by atoms with Crippen molar-refractivity contribution in [3.63, 3.8) is 0 Å². The maximum atomic E-state index is 12.7. The molecule has 8 nitrogen and oxygen atoms in total. The minimum absolute atomic E-state index is 0.0146. The van der Waals surface area contributed by atoms with Crippen molar-refractivity contribution < 1.29 is 19.0 Å². The molecule has 2 aromatic carbocycles. The van der Waals surface area contributed by atoms with E-state index < -0.39 is 5.91 Å². The summed E-state index contributed by atoms with van der Waals surface area (Å²) in [5.74, 6) is 1.49. The standard InChI is InChI=1S/C28H30N4O4S/c1-4-9-20-11-7-8-12-22(20)35-15-16-36-23-14-13-19(18-24(23)34-6-3)17-21-26(29)32-28(30-27(21)33)37-25(31-32)10-5-2/h4,7-8,11-14,17-18,29H,1,5-6,9-10,15-16H2,2-3H3/b21-17-,29-26?. The van der Waals surface area contributed by atoms with Gasteiger partial charge in [0.1, 0.15) is 24.0 Å². The van der Waals surface area contributed by atoms with Crippen LogP contribution in [-0.2, 0) is 11.2 Å². The topological polar surface area (TPSA) is 96.6 Å². The van der Waals surface area contributed by atoms with E-state index >= 15 is 0 Å². The van der Waals surface area contributed by atoms with Crippen LogP contribution in [0.5, 0.6) is 17.2 Å². The van der Waals surface area contributed by atoms with Crippen LogP contribution in [0.3, 0.4) is 0 Å². The number of carbonyl (C=O) groups is 1. The van der Waals surface area contributed by atoms with E-state index in [9.17, 15) is 4.79 Å². The van der Waals surface area contributed by atoms with Crippen LogP contribution in [0.25, 0.3) is 6.08 Å². The number of rotatable bonds is 12. The molecule has 0 aliphatic carbocycles. The number of aliphatic imine (C=N–C) groups is 1. The third-order valence-electron chi connectivity index (χ3n) is 5.47. The number of amides is 1. The Kier molecular flexibility index (Phi) is 8.79. The summed E-state index contributed by atoms with van der Waals surface area (Å²) >= 11 is 1.34. The average molecular weight is 519 g/mol. The molecule has 0 bridgehead atoms. The largest absolute Gasteiger partial charge is 0.490 e. The number of carbonyl (C=O) groups excluding carboxylic acids is 1. The lowest BCUT2D eigenvalue weighted by molar-refractivity contribution is -0.114. The van der Waals surface area contributed by atoms with Crippen molar-refractivity contribution in [2.75, 3.05) is 19.8 Å². The van der Waals surface area contributed by atoms with E-state index in [0.29, 0.717) is 42.1 Å². The Bertz CT molecular complexity index is 1280. The second-order valence-corrected chi connectivity index (χ2v) is 9.24. The summed E-state index contributed by atoms with van der Waals surface area (Å²) in [6.45, 7) is 8.89. The number of hydrazone groups is 1. The maximum absolute atomic E-state index is 12.7. The number of hydrogen-bond donors (Lipinski definition) is 1. The lowest BCUT2D eigenvalue weighted by atomic mass is 10.1. The lowest BCUT2D eigenvalue weighted by Crippen LogP contribution is -2.35. The van der Waals surface area contributed by atoms with Gasteiger partial charge in [0.25, 0.3) is 5.91 Å². The van der Waals surface area contributed by atoms with E-state index in [1.54, 1.807) is 18.2 Å². The Morgan fingerprint density at radius 1 is 1.05 bits per heavy atom. The number of allylic oxidation sites excluding steroid dienone is 1. The number of amidine groups is 2. The van der Waals surface area contributed by atoms with E-state index in [2.05, 4.69) is 23.6 Å². The van der Waals surface area contributed by atoms with Gasteiger partial charge in [0.15, 0.2) is 17.3 Å². The number of hydrogen-bond acceptors (Lipinski definition) is 7. The molecule has 37 heavy (non-hydrogen) atoms. The van der Waals surface area contributed by atoms with Gasteiger partial charge in [0.05, 0.1) is 12.2 Å². The third kappa shape index (κ3) is 6.29. The quantitative estimate of drug-likeness (QED) is 0.220. The van der Waals surface area contributed by atoms with Crippen molar-refractivity contribution in [2.24, 2.45) is 10.1 Å². The van der Waals surface area contributed by atoms with Crippen LogP contribution in [0.1, 0.15) is 37.8 Å². The van der Waals surface area contributed by atoms with Gasteiger partial charge in [0.2, 0.25) is 5.17 Å². The van der Waals surface area contributed by atoms with Crippen molar-refractivity contribution >= 4 is 39.8 Å². The number of thioether (sulfide) groups is 1. The first-order chi connectivity index (χ1) is 18.0. The first kappa shape index (κ1) is 26.2. The van der Waals surface area contributed by atoms with Crippen molar-refractivity contribution in [3.05, 3.63) is 71.8 Å². The predicted octanol–water partition coefficient (Wildman–Crippen LogP) is 5.69. The Labute approximate surface area is 221 Å². The second-order valence-electron chi connectivity index (χ2n) is 8.20. The van der Waals surface area contributed by atoms with Gasteiger partial charge in [0, 0.05) is 0 Å². The Morgan fingerprint density at radius 3 is 2.59 bits per heavy atom. The predicted molar refractivity (Wildman–Crippen MR) is 149 cm³/mol. The van der Waals surface area contributed by atoms with Crippen LogP contribution in [0.2, 0.25) is 0 Å². The molecule has 1 N–H and O–H groups in total. The minimum atomic E-state index is -0.455. The fourth-order valence-electron chi connectivity index (χ4n) is 3.79. The van der Waals surface area contributed by atoms with Crippen molar-refractivity contribution in [1.29, 1.82) is 5.41 Å². The molecule has 192 valence electrons. The fourth-order valence-corrected chi connectivity index (χ4v) is 4.77. The first-order valence-corrected chi connectivity index (χ1v) is 13.1. The molecule has 0 radical (unpaired) electrons. The first-order valence-electron chi connectivity index (χ1n) is 12.2. The van der Waals surface area contributed by atoms with Gasteiger partial charge in [-0.05, 0) is 73.4 Å². The lowest BCUT2D eigenvalue weighted by Gasteiger charge is -2.20. The summed E-state index contributed by atoms with van der Waals surface area (Å²) in [6, 6.07) is 13.2. The number of para-hydroxylation sites is 1. The molecule has 2 heterocycles. The van der Waals surface area contributed by atoms with Crippen molar-refractivity contribution in [2.45, 2.75) is 33.1 Å². The van der Waals surface area contributed by atoms with E-state index in [-0.39, 0.29) is 11.4 Å². The van der Waals surface area contributed by atoms with Gasteiger partial charge in [-0.15, -0.1) is 6.58 Å². The van der Waals surface area contributed by atoms with Crippen molar-refractivity contribution in [1.82, 2.24) is 5.01 Å².